The lowest BCUT2D eigenvalue weighted by atomic mass is 10.1. The van der Waals surface area contributed by atoms with Crippen molar-refractivity contribution in [3.63, 3.8) is 0 Å². The van der Waals surface area contributed by atoms with Gasteiger partial charge in [0.15, 0.2) is 5.58 Å². The lowest BCUT2D eigenvalue weighted by Crippen LogP contribution is -2.13. The number of hydrogen-bond acceptors (Lipinski definition) is 4. The second-order valence-corrected chi connectivity index (χ2v) is 6.37. The van der Waals surface area contributed by atoms with E-state index < -0.39 is 0 Å². The first kappa shape index (κ1) is 17.8. The molecule has 0 saturated heterocycles. The molecule has 1 aromatic heterocycles. The molecule has 5 nitrogen and oxygen atoms in total. The zero-order valence-electron chi connectivity index (χ0n) is 15.5. The van der Waals surface area contributed by atoms with E-state index in [-0.39, 0.29) is 5.91 Å². The van der Waals surface area contributed by atoms with Crippen LogP contribution in [0.3, 0.4) is 0 Å². The van der Waals surface area contributed by atoms with Gasteiger partial charge in [0.1, 0.15) is 11.3 Å². The van der Waals surface area contributed by atoms with Crippen LogP contribution < -0.4 is 10.1 Å². The second-order valence-electron chi connectivity index (χ2n) is 6.37. The number of hydrogen-bond donors (Lipinski definition) is 1. The van der Waals surface area contributed by atoms with Crippen molar-refractivity contribution in [1.29, 1.82) is 0 Å². The van der Waals surface area contributed by atoms with Gasteiger partial charge in [-0.15, -0.1) is 0 Å². The van der Waals surface area contributed by atoms with E-state index in [0.29, 0.717) is 29.5 Å². The number of benzene rings is 3. The normalized spacial score (nSPS) is 10.8. The number of carbonyl (C=O) groups excluding carboxylic acids is 1. The highest BCUT2D eigenvalue weighted by Crippen LogP contribution is 2.27. The summed E-state index contributed by atoms with van der Waals surface area (Å²) in [6.45, 7) is 2.60. The number of aromatic nitrogens is 1. The van der Waals surface area contributed by atoms with Gasteiger partial charge >= 0.3 is 0 Å². The molecule has 1 amide bonds. The van der Waals surface area contributed by atoms with Gasteiger partial charge in [0, 0.05) is 11.3 Å². The van der Waals surface area contributed by atoms with E-state index in [1.807, 2.05) is 67.6 Å². The van der Waals surface area contributed by atoms with E-state index in [9.17, 15) is 4.79 Å². The Morgan fingerprint density at radius 1 is 1.04 bits per heavy atom. The molecule has 0 aliphatic carbocycles. The minimum absolute atomic E-state index is 0.221. The SMILES string of the molecule is CCCOc1ccccc1C(=O)Nc1cccc(-c2nc3ccccc3o2)c1. The van der Waals surface area contributed by atoms with Gasteiger partial charge < -0.3 is 14.5 Å². The Morgan fingerprint density at radius 3 is 2.71 bits per heavy atom. The molecular weight excluding hydrogens is 352 g/mol. The van der Waals surface area contributed by atoms with Gasteiger partial charge in [-0.25, -0.2) is 4.98 Å². The Bertz CT molecular complexity index is 1080. The van der Waals surface area contributed by atoms with Gasteiger partial charge in [0.05, 0.1) is 12.2 Å². The Balaban J connectivity index is 1.58. The topological polar surface area (TPSA) is 64.4 Å². The summed E-state index contributed by atoms with van der Waals surface area (Å²) in [4.78, 5) is 17.3. The summed E-state index contributed by atoms with van der Waals surface area (Å²) in [5.74, 6) is 0.877. The molecule has 4 aromatic rings. The van der Waals surface area contributed by atoms with Crippen molar-refractivity contribution in [3.8, 4) is 17.2 Å². The quantitative estimate of drug-likeness (QED) is 0.483. The molecule has 28 heavy (non-hydrogen) atoms. The zero-order chi connectivity index (χ0) is 19.3. The van der Waals surface area contributed by atoms with Crippen LogP contribution in [0.1, 0.15) is 23.7 Å². The van der Waals surface area contributed by atoms with Crippen LogP contribution in [0.4, 0.5) is 5.69 Å². The largest absolute Gasteiger partial charge is 0.493 e. The lowest BCUT2D eigenvalue weighted by molar-refractivity contribution is 0.102. The summed E-state index contributed by atoms with van der Waals surface area (Å²) in [7, 11) is 0. The number of nitrogens with zero attached hydrogens (tertiary/aromatic N) is 1. The molecule has 0 fully saturated rings. The molecule has 0 atom stereocenters. The number of anilines is 1. The monoisotopic (exact) mass is 372 g/mol. The van der Waals surface area contributed by atoms with Crippen molar-refractivity contribution in [2.24, 2.45) is 0 Å². The summed E-state index contributed by atoms with van der Waals surface area (Å²) < 4.78 is 11.5. The average Bonchev–Trinajstić information content (AvgIpc) is 3.17. The van der Waals surface area contributed by atoms with Crippen LogP contribution in [0.2, 0.25) is 0 Å². The number of fused-ring (bicyclic) bond motifs is 1. The molecule has 5 heteroatoms. The number of carbonyl (C=O) groups is 1. The number of amides is 1. The van der Waals surface area contributed by atoms with Crippen LogP contribution >= 0.6 is 0 Å². The van der Waals surface area contributed by atoms with Gasteiger partial charge in [-0.1, -0.05) is 37.3 Å². The molecular formula is C23H20N2O3. The molecule has 0 saturated carbocycles. The van der Waals surface area contributed by atoms with Crippen molar-refractivity contribution < 1.29 is 13.9 Å². The fourth-order valence-corrected chi connectivity index (χ4v) is 2.92. The first-order chi connectivity index (χ1) is 13.7. The van der Waals surface area contributed by atoms with Crippen molar-refractivity contribution in [2.45, 2.75) is 13.3 Å². The van der Waals surface area contributed by atoms with Gasteiger partial charge in [0.25, 0.3) is 5.91 Å². The molecule has 0 spiro atoms. The Labute approximate surface area is 163 Å². The third kappa shape index (κ3) is 3.74. The van der Waals surface area contributed by atoms with Crippen LogP contribution in [0.5, 0.6) is 5.75 Å². The smallest absolute Gasteiger partial charge is 0.259 e. The van der Waals surface area contributed by atoms with Crippen molar-refractivity contribution in [1.82, 2.24) is 4.98 Å². The Hall–Kier alpha value is -3.60. The lowest BCUT2D eigenvalue weighted by Gasteiger charge is -2.11. The summed E-state index contributed by atoms with van der Waals surface area (Å²) in [5.41, 5.74) is 3.49. The third-order valence-corrected chi connectivity index (χ3v) is 4.25. The zero-order valence-corrected chi connectivity index (χ0v) is 15.5. The molecule has 0 aliphatic heterocycles. The molecule has 0 radical (unpaired) electrons. The van der Waals surface area contributed by atoms with Gasteiger partial charge in [-0.05, 0) is 48.9 Å². The van der Waals surface area contributed by atoms with E-state index >= 15 is 0 Å². The molecule has 1 heterocycles. The van der Waals surface area contributed by atoms with Gasteiger partial charge in [-0.3, -0.25) is 4.79 Å². The van der Waals surface area contributed by atoms with Crippen LogP contribution in [0.15, 0.2) is 77.2 Å². The average molecular weight is 372 g/mol. The fourth-order valence-electron chi connectivity index (χ4n) is 2.92. The van der Waals surface area contributed by atoms with E-state index in [4.69, 9.17) is 9.15 Å². The predicted octanol–water partition coefficient (Wildman–Crippen LogP) is 5.54. The molecule has 0 unspecified atom stereocenters. The second kappa shape index (κ2) is 7.96. The van der Waals surface area contributed by atoms with Crippen molar-refractivity contribution in [3.05, 3.63) is 78.4 Å². The van der Waals surface area contributed by atoms with E-state index in [1.165, 1.54) is 0 Å². The molecule has 4 rings (SSSR count). The fraction of sp³-hybridized carbons (Fsp3) is 0.130. The Kier molecular flexibility index (Phi) is 5.06. The highest BCUT2D eigenvalue weighted by molar-refractivity contribution is 6.06. The van der Waals surface area contributed by atoms with E-state index in [0.717, 1.165) is 23.1 Å². The number of nitrogens with one attached hydrogen (secondary N) is 1. The molecule has 1 N–H and O–H groups in total. The number of oxazole rings is 1. The standard InChI is InChI=1S/C23H20N2O3/c1-2-14-27-20-12-5-3-10-18(20)22(26)24-17-9-7-8-16(15-17)23-25-19-11-4-6-13-21(19)28-23/h3-13,15H,2,14H2,1H3,(H,24,26). The van der Waals surface area contributed by atoms with Crippen LogP contribution in [-0.2, 0) is 0 Å². The van der Waals surface area contributed by atoms with E-state index in [2.05, 4.69) is 10.3 Å². The van der Waals surface area contributed by atoms with Crippen LogP contribution in [0, 0.1) is 0 Å². The van der Waals surface area contributed by atoms with Gasteiger partial charge in [-0.2, -0.15) is 0 Å². The van der Waals surface area contributed by atoms with Crippen molar-refractivity contribution >= 4 is 22.7 Å². The summed E-state index contributed by atoms with van der Waals surface area (Å²) in [6, 6.07) is 22.3. The van der Waals surface area contributed by atoms with Crippen LogP contribution in [0.25, 0.3) is 22.6 Å². The number of para-hydroxylation sites is 3. The first-order valence-electron chi connectivity index (χ1n) is 9.24. The van der Waals surface area contributed by atoms with Crippen LogP contribution in [-0.4, -0.2) is 17.5 Å². The highest BCUT2D eigenvalue weighted by Gasteiger charge is 2.14. The molecule has 140 valence electrons. The molecule has 0 bridgehead atoms. The highest BCUT2D eigenvalue weighted by atomic mass is 16.5. The minimum Gasteiger partial charge on any atom is -0.493 e. The number of ether oxygens (including phenoxy) is 1. The maximum atomic E-state index is 12.8. The van der Waals surface area contributed by atoms with Crippen molar-refractivity contribution in [2.75, 3.05) is 11.9 Å². The maximum absolute atomic E-state index is 12.8. The van der Waals surface area contributed by atoms with E-state index in [1.54, 1.807) is 12.1 Å². The third-order valence-electron chi connectivity index (χ3n) is 4.25. The Morgan fingerprint density at radius 2 is 1.86 bits per heavy atom. The maximum Gasteiger partial charge on any atom is 0.259 e. The first-order valence-corrected chi connectivity index (χ1v) is 9.24. The summed E-state index contributed by atoms with van der Waals surface area (Å²) in [5, 5.41) is 2.93. The molecule has 0 aliphatic rings. The summed E-state index contributed by atoms with van der Waals surface area (Å²) >= 11 is 0. The van der Waals surface area contributed by atoms with Gasteiger partial charge in [0.2, 0.25) is 5.89 Å². The predicted molar refractivity (Wildman–Crippen MR) is 110 cm³/mol. The number of rotatable bonds is 6. The molecule has 3 aromatic carbocycles. The summed E-state index contributed by atoms with van der Waals surface area (Å²) in [6.07, 6.45) is 0.877. The minimum atomic E-state index is -0.221.